The molecule has 1 N–H and O–H groups in total. The third-order valence-corrected chi connectivity index (χ3v) is 5.13. The summed E-state index contributed by atoms with van der Waals surface area (Å²) in [5, 5.41) is 7.14. The molecule has 0 spiro atoms. The van der Waals surface area contributed by atoms with Crippen LogP contribution in [0.25, 0.3) is 16.9 Å². The fraction of sp³-hybridized carbons (Fsp3) is 0.0833. The Morgan fingerprint density at radius 2 is 1.81 bits per heavy atom. The van der Waals surface area contributed by atoms with E-state index in [2.05, 4.69) is 10.4 Å². The van der Waals surface area contributed by atoms with E-state index < -0.39 is 11.7 Å². The van der Waals surface area contributed by atoms with Crippen molar-refractivity contribution in [1.29, 1.82) is 0 Å². The van der Waals surface area contributed by atoms with Gasteiger partial charge in [-0.2, -0.15) is 5.10 Å². The van der Waals surface area contributed by atoms with Gasteiger partial charge in [-0.3, -0.25) is 4.79 Å². The zero-order chi connectivity index (χ0) is 22.7. The standard InChI is InChI=1S/C24H19ClFN3O3/c1-31-16-11-12-21(32-2)17(13-16)23-18(14-29(28-23)15-7-4-3-5-8-15)24(30)27-20-10-6-9-19(25)22(20)26/h3-14H,1-2H3,(H,27,30). The van der Waals surface area contributed by atoms with Gasteiger partial charge in [0.15, 0.2) is 5.82 Å². The molecule has 6 nitrogen and oxygen atoms in total. The Hall–Kier alpha value is -3.84. The van der Waals surface area contributed by atoms with Crippen molar-refractivity contribution in [2.75, 3.05) is 19.5 Å². The predicted octanol–water partition coefficient (Wildman–Crippen LogP) is 5.60. The first-order valence-electron chi connectivity index (χ1n) is 9.64. The molecule has 32 heavy (non-hydrogen) atoms. The molecule has 4 rings (SSSR count). The molecule has 0 aliphatic heterocycles. The van der Waals surface area contributed by atoms with Crippen LogP contribution in [-0.4, -0.2) is 29.9 Å². The lowest BCUT2D eigenvalue weighted by molar-refractivity contribution is 0.102. The Bertz CT molecular complexity index is 1270. The van der Waals surface area contributed by atoms with Crippen LogP contribution in [0.15, 0.2) is 72.9 Å². The fourth-order valence-corrected chi connectivity index (χ4v) is 3.42. The Balaban J connectivity index is 1.85. The number of aromatic nitrogens is 2. The maximum absolute atomic E-state index is 14.4. The highest BCUT2D eigenvalue weighted by atomic mass is 35.5. The maximum atomic E-state index is 14.4. The second-order valence-electron chi connectivity index (χ2n) is 6.79. The summed E-state index contributed by atoms with van der Waals surface area (Å²) in [6.45, 7) is 0. The Morgan fingerprint density at radius 3 is 2.53 bits per heavy atom. The fourth-order valence-electron chi connectivity index (χ4n) is 3.24. The van der Waals surface area contributed by atoms with Crippen LogP contribution in [0.5, 0.6) is 11.5 Å². The molecule has 0 saturated heterocycles. The lowest BCUT2D eigenvalue weighted by Gasteiger charge is -2.11. The molecule has 0 unspecified atom stereocenters. The predicted molar refractivity (Wildman–Crippen MR) is 121 cm³/mol. The van der Waals surface area contributed by atoms with Crippen LogP contribution in [0.3, 0.4) is 0 Å². The summed E-state index contributed by atoms with van der Waals surface area (Å²) in [6, 6.07) is 18.9. The average Bonchev–Trinajstić information content (AvgIpc) is 3.27. The van der Waals surface area contributed by atoms with Gasteiger partial charge >= 0.3 is 0 Å². The first kappa shape index (κ1) is 21.4. The van der Waals surface area contributed by atoms with Gasteiger partial charge in [0.2, 0.25) is 0 Å². The van der Waals surface area contributed by atoms with E-state index in [4.69, 9.17) is 21.1 Å². The minimum atomic E-state index is -0.710. The normalized spacial score (nSPS) is 10.6. The van der Waals surface area contributed by atoms with Gasteiger partial charge in [-0.05, 0) is 42.5 Å². The lowest BCUT2D eigenvalue weighted by Crippen LogP contribution is -2.13. The summed E-state index contributed by atoms with van der Waals surface area (Å²) in [4.78, 5) is 13.2. The largest absolute Gasteiger partial charge is 0.497 e. The van der Waals surface area contributed by atoms with E-state index in [-0.39, 0.29) is 16.3 Å². The summed E-state index contributed by atoms with van der Waals surface area (Å²) in [7, 11) is 3.07. The highest BCUT2D eigenvalue weighted by Gasteiger charge is 2.23. The number of carbonyl (C=O) groups is 1. The number of para-hydroxylation sites is 1. The maximum Gasteiger partial charge on any atom is 0.259 e. The van der Waals surface area contributed by atoms with Crippen molar-refractivity contribution in [2.24, 2.45) is 0 Å². The SMILES string of the molecule is COc1ccc(OC)c(-c2nn(-c3ccccc3)cc2C(=O)Nc2cccc(Cl)c2F)c1. The van der Waals surface area contributed by atoms with E-state index in [0.717, 1.165) is 5.69 Å². The topological polar surface area (TPSA) is 65.4 Å². The number of hydrogen-bond acceptors (Lipinski definition) is 4. The molecule has 0 fully saturated rings. The van der Waals surface area contributed by atoms with Gasteiger partial charge < -0.3 is 14.8 Å². The first-order valence-corrected chi connectivity index (χ1v) is 10.0. The van der Waals surface area contributed by atoms with Gasteiger partial charge in [0.05, 0.1) is 36.2 Å². The second kappa shape index (κ2) is 9.11. The third-order valence-electron chi connectivity index (χ3n) is 4.84. The molecular formula is C24H19ClFN3O3. The number of amides is 1. The molecule has 1 aromatic heterocycles. The van der Waals surface area contributed by atoms with Gasteiger partial charge in [0.1, 0.15) is 17.2 Å². The number of benzene rings is 3. The van der Waals surface area contributed by atoms with Crippen molar-refractivity contribution in [3.8, 4) is 28.4 Å². The summed E-state index contributed by atoms with van der Waals surface area (Å²) in [6.07, 6.45) is 1.58. The number of nitrogens with one attached hydrogen (secondary N) is 1. The molecule has 1 amide bonds. The summed E-state index contributed by atoms with van der Waals surface area (Å²) >= 11 is 5.85. The first-order chi connectivity index (χ1) is 15.5. The van der Waals surface area contributed by atoms with Crippen LogP contribution in [-0.2, 0) is 0 Å². The van der Waals surface area contributed by atoms with Crippen molar-refractivity contribution < 1.29 is 18.7 Å². The molecule has 0 saturated carbocycles. The van der Waals surface area contributed by atoms with Crippen molar-refractivity contribution in [2.45, 2.75) is 0 Å². The van der Waals surface area contributed by atoms with Gasteiger partial charge in [0, 0.05) is 11.8 Å². The highest BCUT2D eigenvalue weighted by molar-refractivity contribution is 6.31. The number of halogens is 2. The van der Waals surface area contributed by atoms with Crippen LogP contribution in [0.1, 0.15) is 10.4 Å². The van der Waals surface area contributed by atoms with E-state index >= 15 is 0 Å². The van der Waals surface area contributed by atoms with Gasteiger partial charge in [-0.1, -0.05) is 35.9 Å². The third kappa shape index (κ3) is 4.15. The summed E-state index contributed by atoms with van der Waals surface area (Å²) in [5.74, 6) is -0.180. The molecule has 3 aromatic carbocycles. The number of rotatable bonds is 6. The number of nitrogens with zero attached hydrogens (tertiary/aromatic N) is 2. The van der Waals surface area contributed by atoms with Crippen molar-refractivity contribution in [1.82, 2.24) is 9.78 Å². The summed E-state index contributed by atoms with van der Waals surface area (Å²) < 4.78 is 26.8. The average molecular weight is 452 g/mol. The smallest absolute Gasteiger partial charge is 0.259 e. The molecule has 162 valence electrons. The molecule has 0 bridgehead atoms. The highest BCUT2D eigenvalue weighted by Crippen LogP contribution is 2.35. The molecule has 8 heteroatoms. The number of anilines is 1. The van der Waals surface area contributed by atoms with Gasteiger partial charge in [-0.15, -0.1) is 0 Å². The minimum absolute atomic E-state index is 0.0291. The van der Waals surface area contributed by atoms with E-state index in [0.29, 0.717) is 22.8 Å². The number of carbonyl (C=O) groups excluding carboxylic acids is 1. The zero-order valence-corrected chi connectivity index (χ0v) is 18.1. The van der Waals surface area contributed by atoms with Crippen molar-refractivity contribution in [3.05, 3.63) is 89.3 Å². The second-order valence-corrected chi connectivity index (χ2v) is 7.20. The van der Waals surface area contributed by atoms with Crippen molar-refractivity contribution >= 4 is 23.2 Å². The Labute approximate surface area is 189 Å². The number of ether oxygens (including phenoxy) is 2. The number of hydrogen-bond donors (Lipinski definition) is 1. The van der Waals surface area contributed by atoms with Crippen molar-refractivity contribution in [3.63, 3.8) is 0 Å². The van der Waals surface area contributed by atoms with E-state index in [9.17, 15) is 9.18 Å². The molecule has 0 atom stereocenters. The lowest BCUT2D eigenvalue weighted by atomic mass is 10.1. The van der Waals surface area contributed by atoms with Gasteiger partial charge in [-0.25, -0.2) is 9.07 Å². The molecule has 4 aromatic rings. The zero-order valence-electron chi connectivity index (χ0n) is 17.3. The van der Waals surface area contributed by atoms with Crippen LogP contribution in [0.2, 0.25) is 5.02 Å². The monoisotopic (exact) mass is 451 g/mol. The van der Waals surface area contributed by atoms with Crippen LogP contribution in [0.4, 0.5) is 10.1 Å². The van der Waals surface area contributed by atoms with Gasteiger partial charge in [0.25, 0.3) is 5.91 Å². The number of methoxy groups -OCH3 is 2. The summed E-state index contributed by atoms with van der Waals surface area (Å²) in [5.41, 5.74) is 1.85. The van der Waals surface area contributed by atoms with E-state index in [1.807, 2.05) is 30.3 Å². The van der Waals surface area contributed by atoms with Crippen LogP contribution < -0.4 is 14.8 Å². The minimum Gasteiger partial charge on any atom is -0.497 e. The molecule has 0 aliphatic carbocycles. The van der Waals surface area contributed by atoms with E-state index in [1.54, 1.807) is 42.3 Å². The molecular weight excluding hydrogens is 433 g/mol. The molecule has 1 heterocycles. The van der Waals surface area contributed by atoms with E-state index in [1.165, 1.54) is 19.2 Å². The van der Waals surface area contributed by atoms with Crippen LogP contribution >= 0.6 is 11.6 Å². The Morgan fingerprint density at radius 1 is 1.03 bits per heavy atom. The molecule has 0 aliphatic rings. The quantitative estimate of drug-likeness (QED) is 0.414. The van der Waals surface area contributed by atoms with Crippen LogP contribution in [0, 0.1) is 5.82 Å². The Kier molecular flexibility index (Phi) is 6.09. The molecule has 0 radical (unpaired) electrons.